The number of benzene rings is 1. The average molecular weight is 341 g/mol. The summed E-state index contributed by atoms with van der Waals surface area (Å²) in [4.78, 5) is 11.2. The number of hydrogen-bond acceptors (Lipinski definition) is 5. The van der Waals surface area contributed by atoms with Crippen LogP contribution in [-0.2, 0) is 19.6 Å². The van der Waals surface area contributed by atoms with Gasteiger partial charge in [0.05, 0.1) is 23.4 Å². The Balaban J connectivity index is 2.21. The number of hydrogen-bond donors (Lipinski definition) is 2. The van der Waals surface area contributed by atoms with Crippen molar-refractivity contribution in [2.75, 3.05) is 6.61 Å². The van der Waals surface area contributed by atoms with Gasteiger partial charge in [-0.25, -0.2) is 8.42 Å². The minimum absolute atomic E-state index is 0.0339. The van der Waals surface area contributed by atoms with E-state index in [2.05, 4.69) is 4.72 Å². The summed E-state index contributed by atoms with van der Waals surface area (Å²) in [5.41, 5.74) is -0.0238. The summed E-state index contributed by atoms with van der Waals surface area (Å²) in [7, 11) is -3.99. The summed E-state index contributed by atoms with van der Waals surface area (Å²) in [6.07, 6.45) is 1.45. The Morgan fingerprint density at radius 2 is 2.04 bits per heavy atom. The quantitative estimate of drug-likeness (QED) is 0.832. The maximum Gasteiger partial charge on any atom is 0.324 e. The first-order valence-corrected chi connectivity index (χ1v) is 8.43. The molecule has 0 saturated heterocycles. The predicted molar refractivity (Wildman–Crippen MR) is 83.7 cm³/mol. The first-order chi connectivity index (χ1) is 10.6. The summed E-state index contributed by atoms with van der Waals surface area (Å²) < 4.78 is 37.4. The predicted octanol–water partition coefficient (Wildman–Crippen LogP) is 1.98. The second-order valence-electron chi connectivity index (χ2n) is 6.06. The highest BCUT2D eigenvalue weighted by Gasteiger charge is 2.27. The van der Waals surface area contributed by atoms with Crippen LogP contribution >= 0.6 is 0 Å². The number of furan rings is 1. The van der Waals surface area contributed by atoms with E-state index in [0.717, 1.165) is 0 Å². The summed E-state index contributed by atoms with van der Waals surface area (Å²) in [5.74, 6) is -1.30. The Bertz CT molecular complexity index is 803. The highest BCUT2D eigenvalue weighted by atomic mass is 32.2. The maximum atomic E-state index is 12.4. The van der Waals surface area contributed by atoms with Gasteiger partial charge in [0, 0.05) is 5.39 Å². The van der Waals surface area contributed by atoms with Gasteiger partial charge in [0.2, 0.25) is 10.0 Å². The molecule has 0 amide bonds. The van der Waals surface area contributed by atoms with E-state index in [0.29, 0.717) is 11.0 Å². The van der Waals surface area contributed by atoms with Crippen LogP contribution in [0, 0.1) is 0 Å². The van der Waals surface area contributed by atoms with Crippen LogP contribution in [0.2, 0.25) is 0 Å². The number of ether oxygens (including phenoxy) is 1. The van der Waals surface area contributed by atoms with Crippen molar-refractivity contribution in [3.63, 3.8) is 0 Å². The fourth-order valence-electron chi connectivity index (χ4n) is 1.86. The van der Waals surface area contributed by atoms with Gasteiger partial charge in [-0.1, -0.05) is 0 Å². The lowest BCUT2D eigenvalue weighted by Gasteiger charge is -2.23. The van der Waals surface area contributed by atoms with E-state index in [9.17, 15) is 18.3 Å². The number of rotatable bonds is 6. The van der Waals surface area contributed by atoms with Crippen LogP contribution in [0.25, 0.3) is 11.0 Å². The van der Waals surface area contributed by atoms with Gasteiger partial charge in [-0.05, 0) is 45.0 Å². The molecule has 0 aliphatic carbocycles. The van der Waals surface area contributed by atoms with Crippen LogP contribution in [0.3, 0.4) is 0 Å². The SMILES string of the molecule is CC(C)(C)OC[C@H](NS(=O)(=O)c1ccc2occc2c1)C(=O)O. The Kier molecular flexibility index (Phi) is 4.79. The molecular formula is C15H19NO6S. The Hall–Kier alpha value is -1.90. The molecule has 2 N–H and O–H groups in total. The molecule has 0 aliphatic heterocycles. The fourth-order valence-corrected chi connectivity index (χ4v) is 3.07. The zero-order valence-corrected chi connectivity index (χ0v) is 13.9. The molecule has 1 atom stereocenters. The second kappa shape index (κ2) is 6.31. The molecule has 23 heavy (non-hydrogen) atoms. The molecule has 0 aliphatic rings. The molecule has 0 radical (unpaired) electrons. The molecule has 2 rings (SSSR count). The molecule has 0 bridgehead atoms. The summed E-state index contributed by atoms with van der Waals surface area (Å²) in [5, 5.41) is 9.81. The van der Waals surface area contributed by atoms with Crippen LogP contribution in [0.5, 0.6) is 0 Å². The molecule has 0 unspecified atom stereocenters. The smallest absolute Gasteiger partial charge is 0.324 e. The van der Waals surface area contributed by atoms with Crippen molar-refractivity contribution in [3.05, 3.63) is 30.5 Å². The van der Waals surface area contributed by atoms with Crippen molar-refractivity contribution in [3.8, 4) is 0 Å². The standard InChI is InChI=1S/C15H19NO6S/c1-15(2,3)22-9-12(14(17)18)16-23(19,20)11-4-5-13-10(8-11)6-7-21-13/h4-8,12,16H,9H2,1-3H3,(H,17,18)/t12-/m0/s1. The molecule has 0 spiro atoms. The highest BCUT2D eigenvalue weighted by Crippen LogP contribution is 2.20. The fraction of sp³-hybridized carbons (Fsp3) is 0.400. The third kappa shape index (κ3) is 4.54. The number of fused-ring (bicyclic) bond motifs is 1. The van der Waals surface area contributed by atoms with E-state index >= 15 is 0 Å². The molecule has 7 nitrogen and oxygen atoms in total. The zero-order chi connectivity index (χ0) is 17.3. The summed E-state index contributed by atoms with van der Waals surface area (Å²) in [6.45, 7) is 5.00. The van der Waals surface area contributed by atoms with Crippen molar-refractivity contribution in [2.24, 2.45) is 0 Å². The van der Waals surface area contributed by atoms with Crippen LogP contribution in [0.1, 0.15) is 20.8 Å². The third-order valence-electron chi connectivity index (χ3n) is 3.01. The number of carboxylic acid groups (broad SMARTS) is 1. The van der Waals surface area contributed by atoms with Crippen molar-refractivity contribution < 1.29 is 27.5 Å². The van der Waals surface area contributed by atoms with E-state index in [1.165, 1.54) is 24.5 Å². The lowest BCUT2D eigenvalue weighted by atomic mass is 10.2. The summed E-state index contributed by atoms with van der Waals surface area (Å²) in [6, 6.07) is 4.55. The maximum absolute atomic E-state index is 12.4. The first-order valence-electron chi connectivity index (χ1n) is 6.95. The van der Waals surface area contributed by atoms with Gasteiger partial charge in [-0.2, -0.15) is 4.72 Å². The molecule has 126 valence electrons. The lowest BCUT2D eigenvalue weighted by molar-refractivity contribution is -0.142. The Morgan fingerprint density at radius 3 is 2.65 bits per heavy atom. The van der Waals surface area contributed by atoms with E-state index < -0.39 is 27.6 Å². The Morgan fingerprint density at radius 1 is 1.35 bits per heavy atom. The minimum Gasteiger partial charge on any atom is -0.480 e. The van der Waals surface area contributed by atoms with Crippen molar-refractivity contribution in [1.82, 2.24) is 4.72 Å². The largest absolute Gasteiger partial charge is 0.480 e. The van der Waals surface area contributed by atoms with Crippen LogP contribution in [0.15, 0.2) is 39.8 Å². The Labute approximate surface area is 134 Å². The first kappa shape index (κ1) is 17.5. The number of nitrogens with one attached hydrogen (secondary N) is 1. The molecule has 0 fully saturated rings. The monoisotopic (exact) mass is 341 g/mol. The average Bonchev–Trinajstić information content (AvgIpc) is 2.89. The van der Waals surface area contributed by atoms with Gasteiger partial charge in [-0.3, -0.25) is 4.79 Å². The van der Waals surface area contributed by atoms with Crippen LogP contribution in [0.4, 0.5) is 0 Å². The van der Waals surface area contributed by atoms with E-state index in [4.69, 9.17) is 9.15 Å². The third-order valence-corrected chi connectivity index (χ3v) is 4.48. The van der Waals surface area contributed by atoms with Gasteiger partial charge in [0.25, 0.3) is 0 Å². The highest BCUT2D eigenvalue weighted by molar-refractivity contribution is 7.89. The number of sulfonamides is 1. The van der Waals surface area contributed by atoms with E-state index in [-0.39, 0.29) is 11.5 Å². The van der Waals surface area contributed by atoms with E-state index in [1.807, 2.05) is 0 Å². The van der Waals surface area contributed by atoms with Crippen LogP contribution < -0.4 is 4.72 Å². The molecule has 0 saturated carbocycles. The van der Waals surface area contributed by atoms with Gasteiger partial charge in [0.1, 0.15) is 11.6 Å². The molecule has 8 heteroatoms. The topological polar surface area (TPSA) is 106 Å². The van der Waals surface area contributed by atoms with Gasteiger partial charge >= 0.3 is 5.97 Å². The molecular weight excluding hydrogens is 322 g/mol. The summed E-state index contributed by atoms with van der Waals surface area (Å²) >= 11 is 0. The minimum atomic E-state index is -3.99. The van der Waals surface area contributed by atoms with Crippen molar-refractivity contribution in [1.29, 1.82) is 0 Å². The molecule has 1 aromatic carbocycles. The van der Waals surface area contributed by atoms with Crippen LogP contribution in [-0.4, -0.2) is 37.7 Å². The second-order valence-corrected chi connectivity index (χ2v) is 7.77. The number of aliphatic carboxylic acids is 1. The molecule has 2 aromatic rings. The van der Waals surface area contributed by atoms with Gasteiger partial charge < -0.3 is 14.3 Å². The zero-order valence-electron chi connectivity index (χ0n) is 13.1. The number of carbonyl (C=O) groups is 1. The van der Waals surface area contributed by atoms with Gasteiger partial charge in [0.15, 0.2) is 0 Å². The molecule has 1 heterocycles. The van der Waals surface area contributed by atoms with Crippen molar-refractivity contribution in [2.45, 2.75) is 37.3 Å². The van der Waals surface area contributed by atoms with Crippen molar-refractivity contribution >= 4 is 27.0 Å². The van der Waals surface area contributed by atoms with Gasteiger partial charge in [-0.15, -0.1) is 0 Å². The molecule has 1 aromatic heterocycles. The number of carboxylic acids is 1. The van der Waals surface area contributed by atoms with E-state index in [1.54, 1.807) is 26.8 Å². The lowest BCUT2D eigenvalue weighted by Crippen LogP contribution is -2.45. The normalized spacial score (nSPS) is 14.0.